The lowest BCUT2D eigenvalue weighted by Gasteiger charge is -2.27. The molecule has 27 heavy (non-hydrogen) atoms. The Hall–Kier alpha value is -2.08. The fourth-order valence-electron chi connectivity index (χ4n) is 2.69. The van der Waals surface area contributed by atoms with Crippen molar-refractivity contribution in [2.24, 2.45) is 0 Å². The van der Waals surface area contributed by atoms with Gasteiger partial charge in [-0.15, -0.1) is 0 Å². The van der Waals surface area contributed by atoms with E-state index < -0.39 is 12.1 Å². The lowest BCUT2D eigenvalue weighted by molar-refractivity contribution is -0.142. The first-order chi connectivity index (χ1) is 12.9. The van der Waals surface area contributed by atoms with Gasteiger partial charge >= 0.3 is 5.97 Å². The number of aliphatic hydroxyl groups is 1. The zero-order chi connectivity index (χ0) is 19.8. The van der Waals surface area contributed by atoms with Crippen LogP contribution in [0.4, 0.5) is 0 Å². The van der Waals surface area contributed by atoms with Crippen LogP contribution in [0.3, 0.4) is 0 Å². The quantitative estimate of drug-likeness (QED) is 0.663. The first kappa shape index (κ1) is 21.2. The van der Waals surface area contributed by atoms with Crippen molar-refractivity contribution in [1.82, 2.24) is 4.90 Å². The van der Waals surface area contributed by atoms with Crippen LogP contribution in [-0.2, 0) is 16.0 Å². The average molecular weight is 392 g/mol. The van der Waals surface area contributed by atoms with Gasteiger partial charge in [0.2, 0.25) is 0 Å². The third-order valence-electron chi connectivity index (χ3n) is 4.49. The first-order valence-corrected chi connectivity index (χ1v) is 9.19. The van der Waals surface area contributed by atoms with E-state index in [0.29, 0.717) is 17.3 Å². The fourth-order valence-corrected chi connectivity index (χ4v) is 2.89. The summed E-state index contributed by atoms with van der Waals surface area (Å²) < 4.78 is 9.90. The van der Waals surface area contributed by atoms with Gasteiger partial charge in [0.05, 0.1) is 13.2 Å². The number of nitrogens with zero attached hydrogens (tertiary/aromatic N) is 1. The largest absolute Gasteiger partial charge is 0.482 e. The van der Waals surface area contributed by atoms with Crippen molar-refractivity contribution in [3.63, 3.8) is 0 Å². The van der Waals surface area contributed by atoms with Gasteiger partial charge in [-0.3, -0.25) is 0 Å². The number of rotatable bonds is 9. The topological polar surface area (TPSA) is 59.0 Å². The fraction of sp³-hybridized carbons (Fsp3) is 0.381. The van der Waals surface area contributed by atoms with Crippen molar-refractivity contribution in [3.05, 3.63) is 64.7 Å². The number of aliphatic hydroxyl groups excluding tert-OH is 1. The van der Waals surface area contributed by atoms with Crippen LogP contribution in [0.1, 0.15) is 24.2 Å². The standard InChI is InChI=1S/C21H26ClNO4/c1-15(23(2)13-20(24)17-5-4-6-18(22)12-17)11-16-7-9-19(10-8-16)27-14-21(25)26-3/h4-10,12,15,20,24H,11,13-14H2,1-3H3/t15?,20-/m1/s1. The maximum Gasteiger partial charge on any atom is 0.343 e. The summed E-state index contributed by atoms with van der Waals surface area (Å²) in [4.78, 5) is 13.2. The molecule has 0 radical (unpaired) electrons. The molecule has 0 saturated carbocycles. The Bertz CT molecular complexity index is 735. The zero-order valence-electron chi connectivity index (χ0n) is 15.9. The molecule has 6 heteroatoms. The molecule has 2 aromatic rings. The Morgan fingerprint density at radius 1 is 1.22 bits per heavy atom. The Morgan fingerprint density at radius 3 is 2.56 bits per heavy atom. The number of ether oxygens (including phenoxy) is 2. The van der Waals surface area contributed by atoms with Crippen LogP contribution in [0.5, 0.6) is 5.75 Å². The summed E-state index contributed by atoms with van der Waals surface area (Å²) in [5, 5.41) is 11.1. The maximum absolute atomic E-state index is 11.1. The normalized spacial score (nSPS) is 13.3. The third-order valence-corrected chi connectivity index (χ3v) is 4.72. The van der Waals surface area contributed by atoms with Crippen LogP contribution < -0.4 is 4.74 Å². The maximum atomic E-state index is 11.1. The lowest BCUT2D eigenvalue weighted by atomic mass is 10.0. The highest BCUT2D eigenvalue weighted by atomic mass is 35.5. The molecule has 0 spiro atoms. The van der Waals surface area contributed by atoms with Crippen molar-refractivity contribution in [2.45, 2.75) is 25.5 Å². The van der Waals surface area contributed by atoms with Crippen LogP contribution in [0.2, 0.25) is 5.02 Å². The van der Waals surface area contributed by atoms with Crippen LogP contribution in [-0.4, -0.2) is 49.3 Å². The van der Waals surface area contributed by atoms with Crippen molar-refractivity contribution in [3.8, 4) is 5.75 Å². The summed E-state index contributed by atoms with van der Waals surface area (Å²) in [6.07, 6.45) is 0.237. The van der Waals surface area contributed by atoms with E-state index in [9.17, 15) is 9.90 Å². The first-order valence-electron chi connectivity index (χ1n) is 8.81. The van der Waals surface area contributed by atoms with Crippen LogP contribution >= 0.6 is 11.6 Å². The molecular weight excluding hydrogens is 366 g/mol. The summed E-state index contributed by atoms with van der Waals surface area (Å²) in [6, 6.07) is 15.2. The highest BCUT2D eigenvalue weighted by Crippen LogP contribution is 2.20. The summed E-state index contributed by atoms with van der Waals surface area (Å²) in [5.41, 5.74) is 1.96. The van der Waals surface area contributed by atoms with Gasteiger partial charge in [0.15, 0.2) is 6.61 Å². The van der Waals surface area contributed by atoms with Crippen molar-refractivity contribution >= 4 is 17.6 Å². The number of hydrogen-bond donors (Lipinski definition) is 1. The van der Waals surface area contributed by atoms with Crippen LogP contribution in [0.25, 0.3) is 0 Å². The van der Waals surface area contributed by atoms with E-state index >= 15 is 0 Å². The van der Waals surface area contributed by atoms with Gasteiger partial charge in [0, 0.05) is 17.6 Å². The molecule has 0 amide bonds. The minimum absolute atomic E-state index is 0.101. The van der Waals surface area contributed by atoms with Gasteiger partial charge in [0.25, 0.3) is 0 Å². The van der Waals surface area contributed by atoms with E-state index in [1.807, 2.05) is 43.4 Å². The summed E-state index contributed by atoms with van der Waals surface area (Å²) >= 11 is 6.00. The number of halogens is 1. The Kier molecular flexibility index (Phi) is 8.10. The number of hydrogen-bond acceptors (Lipinski definition) is 5. The molecule has 0 saturated heterocycles. The minimum atomic E-state index is -0.592. The smallest absolute Gasteiger partial charge is 0.343 e. The average Bonchev–Trinajstić information content (AvgIpc) is 2.67. The molecule has 0 aliphatic carbocycles. The molecular formula is C21H26ClNO4. The van der Waals surface area contributed by atoms with Crippen molar-refractivity contribution in [1.29, 1.82) is 0 Å². The molecule has 5 nitrogen and oxygen atoms in total. The lowest BCUT2D eigenvalue weighted by Crippen LogP contribution is -2.34. The van der Waals surface area contributed by atoms with Crippen molar-refractivity contribution in [2.75, 3.05) is 27.3 Å². The third kappa shape index (κ3) is 6.86. The molecule has 1 N–H and O–H groups in total. The second kappa shape index (κ2) is 10.3. The molecule has 0 aromatic heterocycles. The number of benzene rings is 2. The zero-order valence-corrected chi connectivity index (χ0v) is 16.6. The van der Waals surface area contributed by atoms with E-state index in [1.54, 1.807) is 12.1 Å². The van der Waals surface area contributed by atoms with Gasteiger partial charge in [-0.2, -0.15) is 0 Å². The number of carbonyl (C=O) groups excluding carboxylic acids is 1. The molecule has 146 valence electrons. The van der Waals surface area contributed by atoms with Crippen molar-refractivity contribution < 1.29 is 19.4 Å². The minimum Gasteiger partial charge on any atom is -0.482 e. The molecule has 2 aromatic carbocycles. The van der Waals surface area contributed by atoms with Gasteiger partial charge in [0.1, 0.15) is 5.75 Å². The van der Waals surface area contributed by atoms with Crippen LogP contribution in [0.15, 0.2) is 48.5 Å². The SMILES string of the molecule is COC(=O)COc1ccc(CC(C)N(C)C[C@@H](O)c2cccc(Cl)c2)cc1. The monoisotopic (exact) mass is 391 g/mol. The highest BCUT2D eigenvalue weighted by Gasteiger charge is 2.16. The second-order valence-corrected chi connectivity index (χ2v) is 7.01. The molecule has 0 bridgehead atoms. The van der Waals surface area contributed by atoms with E-state index in [2.05, 4.69) is 16.6 Å². The molecule has 0 heterocycles. The molecule has 0 fully saturated rings. The number of likely N-dealkylation sites (N-methyl/N-ethyl adjacent to an activating group) is 1. The molecule has 0 aliphatic rings. The summed E-state index contributed by atoms with van der Waals surface area (Å²) in [6.45, 7) is 2.53. The highest BCUT2D eigenvalue weighted by molar-refractivity contribution is 6.30. The Labute approximate surface area is 165 Å². The van der Waals surface area contributed by atoms with Crippen LogP contribution in [0, 0.1) is 0 Å². The number of carbonyl (C=O) groups is 1. The van der Waals surface area contributed by atoms with E-state index in [4.69, 9.17) is 16.3 Å². The van der Waals surface area contributed by atoms with E-state index in [-0.39, 0.29) is 12.6 Å². The summed E-state index contributed by atoms with van der Waals surface area (Å²) in [7, 11) is 3.32. The molecule has 0 aliphatic heterocycles. The number of methoxy groups -OCH3 is 1. The second-order valence-electron chi connectivity index (χ2n) is 6.57. The summed E-state index contributed by atoms with van der Waals surface area (Å²) in [5.74, 6) is 0.217. The predicted molar refractivity (Wildman–Crippen MR) is 106 cm³/mol. The van der Waals surface area contributed by atoms with Gasteiger partial charge in [-0.25, -0.2) is 4.79 Å². The predicted octanol–water partition coefficient (Wildman–Crippen LogP) is 3.49. The number of esters is 1. The van der Waals surface area contributed by atoms with E-state index in [0.717, 1.165) is 17.5 Å². The van der Waals surface area contributed by atoms with Gasteiger partial charge in [-0.1, -0.05) is 35.9 Å². The van der Waals surface area contributed by atoms with Gasteiger partial charge < -0.3 is 19.5 Å². The molecule has 2 atom stereocenters. The van der Waals surface area contributed by atoms with Gasteiger partial charge in [-0.05, 0) is 55.8 Å². The Morgan fingerprint density at radius 2 is 1.93 bits per heavy atom. The molecule has 1 unspecified atom stereocenters. The Balaban J connectivity index is 1.86. The van der Waals surface area contributed by atoms with E-state index in [1.165, 1.54) is 7.11 Å². The molecule has 2 rings (SSSR count).